The molecular formula is C16H14N4O3S. The number of para-hydroxylation sites is 2. The molecule has 3 rings (SSSR count). The molecule has 0 aliphatic rings. The van der Waals surface area contributed by atoms with Crippen molar-refractivity contribution in [2.75, 3.05) is 16.3 Å². The summed E-state index contributed by atoms with van der Waals surface area (Å²) in [6.07, 6.45) is 2.48. The molecule has 0 saturated carbocycles. The number of rotatable bonds is 4. The van der Waals surface area contributed by atoms with Crippen molar-refractivity contribution in [3.05, 3.63) is 60.4 Å². The molecule has 0 saturated heterocycles. The molecule has 0 aliphatic carbocycles. The van der Waals surface area contributed by atoms with Crippen LogP contribution < -0.4 is 10.0 Å². The number of sulfonamides is 1. The van der Waals surface area contributed by atoms with Crippen LogP contribution in [0, 0.1) is 0 Å². The molecule has 1 amide bonds. The first-order chi connectivity index (χ1) is 11.4. The summed E-state index contributed by atoms with van der Waals surface area (Å²) in [5.74, 6) is -0.392. The first-order valence-corrected chi connectivity index (χ1v) is 8.91. The van der Waals surface area contributed by atoms with Crippen LogP contribution in [-0.4, -0.2) is 30.5 Å². The van der Waals surface area contributed by atoms with Gasteiger partial charge in [-0.25, -0.2) is 13.4 Å². The molecule has 0 unspecified atom stereocenters. The fourth-order valence-corrected chi connectivity index (χ4v) is 2.66. The van der Waals surface area contributed by atoms with Gasteiger partial charge in [0.05, 0.1) is 23.5 Å². The summed E-state index contributed by atoms with van der Waals surface area (Å²) in [4.78, 5) is 20.7. The van der Waals surface area contributed by atoms with Crippen molar-refractivity contribution in [2.24, 2.45) is 0 Å². The molecule has 24 heavy (non-hydrogen) atoms. The van der Waals surface area contributed by atoms with Crippen LogP contribution in [0.1, 0.15) is 10.5 Å². The molecule has 0 aliphatic heterocycles. The number of hydrogen-bond acceptors (Lipinski definition) is 5. The number of hydrogen-bond donors (Lipinski definition) is 2. The Morgan fingerprint density at radius 2 is 1.58 bits per heavy atom. The number of anilines is 2. The minimum atomic E-state index is -3.33. The third-order valence-electron chi connectivity index (χ3n) is 3.13. The maximum atomic E-state index is 12.2. The molecule has 0 spiro atoms. The second-order valence-corrected chi connectivity index (χ2v) is 6.90. The van der Waals surface area contributed by atoms with Gasteiger partial charge in [0.15, 0.2) is 0 Å². The minimum Gasteiger partial charge on any atom is -0.321 e. The highest BCUT2D eigenvalue weighted by Gasteiger charge is 2.10. The Balaban J connectivity index is 1.76. The standard InChI is InChI=1S/C16H14N4O3S/c1-24(22,23)20-12-8-6-11(7-9-12)18-16(21)15-10-17-13-4-2-3-5-14(13)19-15/h2-10,20H,1H3,(H,18,21). The number of nitrogens with one attached hydrogen (secondary N) is 2. The Morgan fingerprint density at radius 1 is 0.958 bits per heavy atom. The number of benzene rings is 2. The van der Waals surface area contributed by atoms with E-state index in [-0.39, 0.29) is 5.69 Å². The van der Waals surface area contributed by atoms with Gasteiger partial charge in [0.1, 0.15) is 5.69 Å². The SMILES string of the molecule is CS(=O)(=O)Nc1ccc(NC(=O)c2cnc3ccccc3n2)cc1. The summed E-state index contributed by atoms with van der Waals surface area (Å²) in [7, 11) is -3.33. The van der Waals surface area contributed by atoms with E-state index in [4.69, 9.17) is 0 Å². The Hall–Kier alpha value is -3.00. The van der Waals surface area contributed by atoms with Gasteiger partial charge in [0, 0.05) is 11.4 Å². The van der Waals surface area contributed by atoms with Gasteiger partial charge in [-0.05, 0) is 36.4 Å². The predicted octanol–water partition coefficient (Wildman–Crippen LogP) is 2.25. The van der Waals surface area contributed by atoms with Crippen LogP contribution in [0.2, 0.25) is 0 Å². The lowest BCUT2D eigenvalue weighted by Gasteiger charge is -2.07. The van der Waals surface area contributed by atoms with Crippen LogP contribution in [0.3, 0.4) is 0 Å². The fraction of sp³-hybridized carbons (Fsp3) is 0.0625. The monoisotopic (exact) mass is 342 g/mol. The number of aromatic nitrogens is 2. The third kappa shape index (κ3) is 3.85. The van der Waals surface area contributed by atoms with Gasteiger partial charge in [-0.3, -0.25) is 14.5 Å². The highest BCUT2D eigenvalue weighted by Crippen LogP contribution is 2.16. The largest absolute Gasteiger partial charge is 0.321 e. The summed E-state index contributed by atoms with van der Waals surface area (Å²) in [5.41, 5.74) is 2.49. The van der Waals surface area contributed by atoms with E-state index in [1.54, 1.807) is 30.3 Å². The lowest BCUT2D eigenvalue weighted by Crippen LogP contribution is -2.14. The molecule has 7 nitrogen and oxygen atoms in total. The fourth-order valence-electron chi connectivity index (χ4n) is 2.10. The molecule has 1 aromatic heterocycles. The van der Waals surface area contributed by atoms with Crippen molar-refractivity contribution in [2.45, 2.75) is 0 Å². The van der Waals surface area contributed by atoms with E-state index in [1.165, 1.54) is 6.20 Å². The molecule has 0 atom stereocenters. The molecule has 1 heterocycles. The van der Waals surface area contributed by atoms with E-state index in [1.807, 2.05) is 18.2 Å². The van der Waals surface area contributed by atoms with Gasteiger partial charge in [-0.15, -0.1) is 0 Å². The summed E-state index contributed by atoms with van der Waals surface area (Å²) < 4.78 is 24.7. The van der Waals surface area contributed by atoms with Gasteiger partial charge in [0.2, 0.25) is 10.0 Å². The van der Waals surface area contributed by atoms with Crippen LogP contribution in [0.15, 0.2) is 54.7 Å². The van der Waals surface area contributed by atoms with Gasteiger partial charge in [0.25, 0.3) is 5.91 Å². The third-order valence-corrected chi connectivity index (χ3v) is 3.73. The van der Waals surface area contributed by atoms with Gasteiger partial charge in [-0.1, -0.05) is 12.1 Å². The Labute approximate surface area is 138 Å². The number of amides is 1. The normalized spacial score (nSPS) is 11.2. The topological polar surface area (TPSA) is 101 Å². The van der Waals surface area contributed by atoms with Crippen LogP contribution in [0.25, 0.3) is 11.0 Å². The van der Waals surface area contributed by atoms with E-state index in [2.05, 4.69) is 20.0 Å². The maximum Gasteiger partial charge on any atom is 0.275 e. The van der Waals surface area contributed by atoms with E-state index in [0.717, 1.165) is 6.26 Å². The van der Waals surface area contributed by atoms with Crippen LogP contribution >= 0.6 is 0 Å². The zero-order chi connectivity index (χ0) is 17.2. The maximum absolute atomic E-state index is 12.2. The van der Waals surface area contributed by atoms with Gasteiger partial charge in [-0.2, -0.15) is 0 Å². The van der Waals surface area contributed by atoms with Crippen molar-refractivity contribution >= 4 is 38.3 Å². The molecule has 8 heteroatoms. The summed E-state index contributed by atoms with van der Waals surface area (Å²) in [6, 6.07) is 13.6. The second kappa shape index (κ2) is 6.25. The van der Waals surface area contributed by atoms with Crippen molar-refractivity contribution in [3.63, 3.8) is 0 Å². The molecule has 2 aromatic carbocycles. The first kappa shape index (κ1) is 15.9. The second-order valence-electron chi connectivity index (χ2n) is 5.15. The highest BCUT2D eigenvalue weighted by atomic mass is 32.2. The minimum absolute atomic E-state index is 0.201. The smallest absolute Gasteiger partial charge is 0.275 e. The molecule has 0 radical (unpaired) electrons. The first-order valence-electron chi connectivity index (χ1n) is 7.02. The molecule has 122 valence electrons. The van der Waals surface area contributed by atoms with Crippen molar-refractivity contribution in [3.8, 4) is 0 Å². The quantitative estimate of drug-likeness (QED) is 0.757. The summed E-state index contributed by atoms with van der Waals surface area (Å²) >= 11 is 0. The molecule has 3 aromatic rings. The zero-order valence-corrected chi connectivity index (χ0v) is 13.5. The Bertz CT molecular complexity index is 1000. The van der Waals surface area contributed by atoms with Gasteiger partial charge < -0.3 is 5.32 Å². The molecular weight excluding hydrogens is 328 g/mol. The number of carbonyl (C=O) groups excluding carboxylic acids is 1. The van der Waals surface area contributed by atoms with E-state index < -0.39 is 15.9 Å². The highest BCUT2D eigenvalue weighted by molar-refractivity contribution is 7.92. The number of fused-ring (bicyclic) bond motifs is 1. The van der Waals surface area contributed by atoms with E-state index in [9.17, 15) is 13.2 Å². The molecule has 0 bridgehead atoms. The lowest BCUT2D eigenvalue weighted by molar-refractivity contribution is 0.102. The van der Waals surface area contributed by atoms with E-state index >= 15 is 0 Å². The Morgan fingerprint density at radius 3 is 2.25 bits per heavy atom. The van der Waals surface area contributed by atoms with Crippen molar-refractivity contribution in [1.82, 2.24) is 9.97 Å². The molecule has 0 fully saturated rings. The van der Waals surface area contributed by atoms with Crippen LogP contribution in [-0.2, 0) is 10.0 Å². The average molecular weight is 342 g/mol. The zero-order valence-electron chi connectivity index (χ0n) is 12.7. The van der Waals surface area contributed by atoms with E-state index in [0.29, 0.717) is 22.4 Å². The number of nitrogens with zero attached hydrogens (tertiary/aromatic N) is 2. The van der Waals surface area contributed by atoms with Crippen molar-refractivity contribution < 1.29 is 13.2 Å². The average Bonchev–Trinajstić information content (AvgIpc) is 2.55. The lowest BCUT2D eigenvalue weighted by atomic mass is 10.2. The van der Waals surface area contributed by atoms with Crippen LogP contribution in [0.4, 0.5) is 11.4 Å². The van der Waals surface area contributed by atoms with Crippen LogP contribution in [0.5, 0.6) is 0 Å². The predicted molar refractivity (Wildman–Crippen MR) is 92.4 cm³/mol. The van der Waals surface area contributed by atoms with Crippen molar-refractivity contribution in [1.29, 1.82) is 0 Å². The summed E-state index contributed by atoms with van der Waals surface area (Å²) in [6.45, 7) is 0. The molecule has 2 N–H and O–H groups in total. The van der Waals surface area contributed by atoms with Gasteiger partial charge >= 0.3 is 0 Å². The number of carbonyl (C=O) groups is 1. The Kier molecular flexibility index (Phi) is 4.13. The summed E-state index contributed by atoms with van der Waals surface area (Å²) in [5, 5.41) is 2.69.